The van der Waals surface area contributed by atoms with Gasteiger partial charge in [-0.3, -0.25) is 0 Å². The van der Waals surface area contributed by atoms with Gasteiger partial charge in [0.25, 0.3) is 0 Å². The van der Waals surface area contributed by atoms with E-state index in [-0.39, 0.29) is 12.4 Å². The first-order valence-electron chi connectivity index (χ1n) is 8.66. The van der Waals surface area contributed by atoms with E-state index >= 15 is 0 Å². The predicted molar refractivity (Wildman–Crippen MR) is 114 cm³/mol. The van der Waals surface area contributed by atoms with E-state index in [1.807, 2.05) is 23.7 Å². The topological polar surface area (TPSA) is 62.7 Å². The number of hydrogen-bond donors (Lipinski definition) is 2. The minimum atomic E-state index is 0. The molecule has 136 valence electrons. The van der Waals surface area contributed by atoms with Crippen LogP contribution in [0.5, 0.6) is 0 Å². The number of rotatable bonds is 4. The van der Waals surface area contributed by atoms with Gasteiger partial charge < -0.3 is 10.6 Å². The summed E-state index contributed by atoms with van der Waals surface area (Å²) in [4.78, 5) is 13.2. The van der Waals surface area contributed by atoms with E-state index in [4.69, 9.17) is 0 Å². The lowest BCUT2D eigenvalue weighted by Gasteiger charge is -2.10. The first-order chi connectivity index (χ1) is 12.8. The van der Waals surface area contributed by atoms with E-state index in [1.165, 1.54) is 30.4 Å². The minimum Gasteiger partial charge on any atom is -0.340 e. The molecule has 7 heteroatoms. The molecule has 2 aromatic heterocycles. The Labute approximate surface area is 167 Å². The van der Waals surface area contributed by atoms with Crippen molar-refractivity contribution in [2.24, 2.45) is 0 Å². The van der Waals surface area contributed by atoms with E-state index in [0.29, 0.717) is 5.95 Å². The molecule has 0 aliphatic heterocycles. The lowest BCUT2D eigenvalue weighted by Crippen LogP contribution is -2.00. The van der Waals surface area contributed by atoms with E-state index < -0.39 is 0 Å². The fourth-order valence-corrected chi connectivity index (χ4v) is 4.06. The zero-order chi connectivity index (χ0) is 17.3. The highest BCUT2D eigenvalue weighted by Crippen LogP contribution is 2.27. The van der Waals surface area contributed by atoms with Gasteiger partial charge in [0.2, 0.25) is 5.95 Å². The van der Waals surface area contributed by atoms with Gasteiger partial charge in [0, 0.05) is 17.6 Å². The number of nitrogens with zero attached hydrogens (tertiary/aromatic N) is 3. The van der Waals surface area contributed by atoms with Crippen LogP contribution < -0.4 is 10.6 Å². The van der Waals surface area contributed by atoms with E-state index in [0.717, 1.165) is 27.4 Å². The van der Waals surface area contributed by atoms with E-state index in [2.05, 4.69) is 49.9 Å². The van der Waals surface area contributed by atoms with Gasteiger partial charge in [-0.1, -0.05) is 6.07 Å². The fraction of sp³-hybridized carbons (Fsp3) is 0.150. The number of hydrogen-bond acceptors (Lipinski definition) is 6. The number of benzene rings is 2. The number of halogens is 1. The molecular formula is C20H18ClN5S. The molecule has 0 amide bonds. The van der Waals surface area contributed by atoms with Crippen LogP contribution in [-0.4, -0.2) is 15.0 Å². The Balaban J connectivity index is 0.00000180. The minimum absolute atomic E-state index is 0. The van der Waals surface area contributed by atoms with Gasteiger partial charge in [-0.05, 0) is 66.8 Å². The summed E-state index contributed by atoms with van der Waals surface area (Å²) in [5, 5.41) is 6.66. The lowest BCUT2D eigenvalue weighted by molar-refractivity contribution is 0.912. The van der Waals surface area contributed by atoms with Crippen LogP contribution in [0.25, 0.3) is 10.2 Å². The highest BCUT2D eigenvalue weighted by Gasteiger charge is 2.11. The van der Waals surface area contributed by atoms with Crippen LogP contribution in [0, 0.1) is 0 Å². The molecule has 0 saturated heterocycles. The smallest absolute Gasteiger partial charge is 0.229 e. The average Bonchev–Trinajstić information content (AvgIpc) is 3.30. The SMILES string of the molecule is Cl.c1cc(Nc2ccc3c(c2)CCC3)nc(Nc2ccc3ncsc3c2)n1. The van der Waals surface area contributed by atoms with Crippen LogP contribution in [0.15, 0.2) is 54.2 Å². The van der Waals surface area contributed by atoms with Crippen molar-refractivity contribution in [3.63, 3.8) is 0 Å². The van der Waals surface area contributed by atoms with Crippen LogP contribution >= 0.6 is 23.7 Å². The van der Waals surface area contributed by atoms with E-state index in [1.54, 1.807) is 17.5 Å². The number of fused-ring (bicyclic) bond motifs is 2. The maximum absolute atomic E-state index is 4.58. The summed E-state index contributed by atoms with van der Waals surface area (Å²) in [5.41, 5.74) is 7.80. The van der Waals surface area contributed by atoms with Gasteiger partial charge in [-0.15, -0.1) is 23.7 Å². The van der Waals surface area contributed by atoms with Crippen molar-refractivity contribution in [2.45, 2.75) is 19.3 Å². The molecule has 27 heavy (non-hydrogen) atoms. The molecule has 0 bridgehead atoms. The zero-order valence-corrected chi connectivity index (χ0v) is 16.1. The summed E-state index contributed by atoms with van der Waals surface area (Å²) < 4.78 is 1.14. The van der Waals surface area contributed by atoms with Crippen molar-refractivity contribution < 1.29 is 0 Å². The Bertz CT molecular complexity index is 1090. The average molecular weight is 396 g/mol. The van der Waals surface area contributed by atoms with Gasteiger partial charge in [-0.2, -0.15) is 4.98 Å². The van der Waals surface area contributed by atoms with Crippen molar-refractivity contribution in [1.29, 1.82) is 0 Å². The molecule has 0 fully saturated rings. The quantitative estimate of drug-likeness (QED) is 0.478. The van der Waals surface area contributed by atoms with Gasteiger partial charge >= 0.3 is 0 Å². The Morgan fingerprint density at radius 2 is 1.70 bits per heavy atom. The van der Waals surface area contributed by atoms with E-state index in [9.17, 15) is 0 Å². The van der Waals surface area contributed by atoms with Crippen molar-refractivity contribution in [1.82, 2.24) is 15.0 Å². The molecule has 5 nitrogen and oxygen atoms in total. The maximum Gasteiger partial charge on any atom is 0.229 e. The van der Waals surface area contributed by atoms with Crippen LogP contribution in [0.2, 0.25) is 0 Å². The monoisotopic (exact) mass is 395 g/mol. The number of thiazole rings is 1. The van der Waals surface area contributed by atoms with Gasteiger partial charge in [0.1, 0.15) is 5.82 Å². The molecule has 0 radical (unpaired) electrons. The Kier molecular flexibility index (Phi) is 4.92. The molecule has 2 N–H and O–H groups in total. The van der Waals surface area contributed by atoms with Gasteiger partial charge in [-0.25, -0.2) is 9.97 Å². The Morgan fingerprint density at radius 1 is 0.852 bits per heavy atom. The summed E-state index contributed by atoms with van der Waals surface area (Å²) in [7, 11) is 0. The van der Waals surface area contributed by atoms with Gasteiger partial charge in [0.05, 0.1) is 15.7 Å². The van der Waals surface area contributed by atoms with Crippen LogP contribution in [0.3, 0.4) is 0 Å². The van der Waals surface area contributed by atoms with Gasteiger partial charge in [0.15, 0.2) is 0 Å². The summed E-state index contributed by atoms with van der Waals surface area (Å²) in [5.74, 6) is 1.35. The number of nitrogens with one attached hydrogen (secondary N) is 2. The molecule has 0 spiro atoms. The second-order valence-electron chi connectivity index (χ2n) is 6.39. The first-order valence-corrected chi connectivity index (χ1v) is 9.54. The maximum atomic E-state index is 4.58. The molecule has 0 saturated carbocycles. The third-order valence-corrected chi connectivity index (χ3v) is 5.41. The summed E-state index contributed by atoms with van der Waals surface area (Å²) in [6, 6.07) is 14.5. The predicted octanol–water partition coefficient (Wildman–Crippen LogP) is 5.48. The van der Waals surface area contributed by atoms with Crippen molar-refractivity contribution in [3.8, 4) is 0 Å². The summed E-state index contributed by atoms with van der Waals surface area (Å²) in [6.45, 7) is 0. The van der Waals surface area contributed by atoms with Crippen molar-refractivity contribution in [2.75, 3.05) is 10.6 Å². The molecule has 4 aromatic rings. The number of aryl methyl sites for hydroxylation is 2. The zero-order valence-electron chi connectivity index (χ0n) is 14.5. The summed E-state index contributed by atoms with van der Waals surface area (Å²) in [6.07, 6.45) is 5.38. The molecule has 0 atom stereocenters. The normalized spacial score (nSPS) is 12.4. The Morgan fingerprint density at radius 3 is 2.67 bits per heavy atom. The largest absolute Gasteiger partial charge is 0.340 e. The second-order valence-corrected chi connectivity index (χ2v) is 7.27. The molecular weight excluding hydrogens is 378 g/mol. The molecule has 2 heterocycles. The molecule has 2 aromatic carbocycles. The fourth-order valence-electron chi connectivity index (χ4n) is 3.35. The van der Waals surface area contributed by atoms with Crippen LogP contribution in [0.4, 0.5) is 23.1 Å². The van der Waals surface area contributed by atoms with Crippen LogP contribution in [-0.2, 0) is 12.8 Å². The van der Waals surface area contributed by atoms with Crippen molar-refractivity contribution in [3.05, 3.63) is 65.3 Å². The third-order valence-electron chi connectivity index (χ3n) is 4.61. The molecule has 1 aliphatic rings. The molecule has 1 aliphatic carbocycles. The molecule has 0 unspecified atom stereocenters. The second kappa shape index (κ2) is 7.50. The number of anilines is 4. The molecule has 5 rings (SSSR count). The van der Waals surface area contributed by atoms with Crippen molar-refractivity contribution >= 4 is 57.1 Å². The summed E-state index contributed by atoms with van der Waals surface area (Å²) >= 11 is 1.62. The van der Waals surface area contributed by atoms with Crippen LogP contribution in [0.1, 0.15) is 17.5 Å². The Hall–Kier alpha value is -2.70. The highest BCUT2D eigenvalue weighted by atomic mass is 35.5. The third kappa shape index (κ3) is 3.72. The first kappa shape index (κ1) is 17.7. The highest BCUT2D eigenvalue weighted by molar-refractivity contribution is 7.16. The number of aromatic nitrogens is 3. The standard InChI is InChI=1S/C20H17N5S.ClH/c1-2-13-4-5-15(10-14(13)3-1)23-19-8-9-21-20(25-19)24-16-6-7-17-18(11-16)26-12-22-17;/h4-12H,1-3H2,(H2,21,23,24,25);1H. The lowest BCUT2D eigenvalue weighted by atomic mass is 10.1.